The van der Waals surface area contributed by atoms with Crippen LogP contribution in [-0.4, -0.2) is 24.0 Å². The Morgan fingerprint density at radius 1 is 0.848 bits per heavy atom. The van der Waals surface area contributed by atoms with Gasteiger partial charge in [-0.3, -0.25) is 4.90 Å². The Balaban J connectivity index is 1.26. The number of nitrogens with zero attached hydrogens (tertiary/aromatic N) is 1. The number of nitrogens with one attached hydrogen (secondary N) is 2. The van der Waals surface area contributed by atoms with Crippen LogP contribution in [0, 0.1) is 0 Å². The van der Waals surface area contributed by atoms with Gasteiger partial charge in [0.2, 0.25) is 0 Å². The molecule has 3 aromatic carbocycles. The zero-order chi connectivity index (χ0) is 23.0. The molecule has 4 nitrogen and oxygen atoms in total. The second kappa shape index (κ2) is 8.56. The first-order valence-corrected chi connectivity index (χ1v) is 11.1. The molecule has 170 valence electrons. The van der Waals surface area contributed by atoms with Gasteiger partial charge in [-0.2, -0.15) is 13.2 Å². The highest BCUT2D eigenvalue weighted by atomic mass is 19.4. The third-order valence-corrected chi connectivity index (χ3v) is 6.55. The fourth-order valence-electron chi connectivity index (χ4n) is 4.98. The molecule has 0 radical (unpaired) electrons. The van der Waals surface area contributed by atoms with Gasteiger partial charge >= 0.3 is 12.2 Å². The van der Waals surface area contributed by atoms with Crippen LogP contribution in [0.5, 0.6) is 0 Å². The third kappa shape index (κ3) is 4.46. The second-order valence-corrected chi connectivity index (χ2v) is 8.61. The van der Waals surface area contributed by atoms with Gasteiger partial charge in [0.1, 0.15) is 0 Å². The predicted molar refractivity (Wildman–Crippen MR) is 122 cm³/mol. The molecule has 33 heavy (non-hydrogen) atoms. The van der Waals surface area contributed by atoms with Crippen molar-refractivity contribution in [1.29, 1.82) is 0 Å². The number of carbonyl (C=O) groups is 1. The highest BCUT2D eigenvalue weighted by molar-refractivity contribution is 5.99. The lowest BCUT2D eigenvalue weighted by atomic mass is 9.81. The van der Waals surface area contributed by atoms with E-state index >= 15 is 0 Å². The van der Waals surface area contributed by atoms with Crippen molar-refractivity contribution in [3.05, 3.63) is 95.1 Å². The summed E-state index contributed by atoms with van der Waals surface area (Å²) in [4.78, 5) is 14.9. The van der Waals surface area contributed by atoms with Crippen LogP contribution in [0.1, 0.15) is 47.1 Å². The Morgan fingerprint density at radius 3 is 2.09 bits per heavy atom. The van der Waals surface area contributed by atoms with Crippen molar-refractivity contribution in [2.75, 3.05) is 23.7 Å². The molecule has 0 saturated carbocycles. The summed E-state index contributed by atoms with van der Waals surface area (Å²) < 4.78 is 38.0. The van der Waals surface area contributed by atoms with Crippen molar-refractivity contribution >= 4 is 17.4 Å². The standard InChI is InChI=1S/C26H24F3N3O/c27-26(28,29)18-9-13-20(14-10-18)31-25(33)30-19-11-7-17(8-12-19)23-16-32-15-3-6-24(32)22-5-2-1-4-21(22)23/h1-2,4-5,7-14,23-24H,3,6,15-16H2,(H2,30,31,33)/t23-,24-/m0/s1. The summed E-state index contributed by atoms with van der Waals surface area (Å²) in [5.74, 6) is 0.283. The number of halogens is 3. The summed E-state index contributed by atoms with van der Waals surface area (Å²) in [7, 11) is 0. The number of urea groups is 1. The largest absolute Gasteiger partial charge is 0.416 e. The van der Waals surface area contributed by atoms with Crippen LogP contribution in [0.4, 0.5) is 29.3 Å². The van der Waals surface area contributed by atoms with E-state index in [1.165, 1.54) is 41.7 Å². The number of alkyl halides is 3. The zero-order valence-electron chi connectivity index (χ0n) is 17.9. The van der Waals surface area contributed by atoms with Gasteiger partial charge in [0.25, 0.3) is 0 Å². The van der Waals surface area contributed by atoms with E-state index < -0.39 is 17.8 Å². The molecule has 2 atom stereocenters. The van der Waals surface area contributed by atoms with E-state index in [4.69, 9.17) is 0 Å². The molecule has 0 unspecified atom stereocenters. The summed E-state index contributed by atoms with van der Waals surface area (Å²) in [5.41, 5.74) is 4.14. The maximum Gasteiger partial charge on any atom is 0.416 e. The third-order valence-electron chi connectivity index (χ3n) is 6.55. The highest BCUT2D eigenvalue weighted by Gasteiger charge is 2.36. The van der Waals surface area contributed by atoms with Crippen molar-refractivity contribution in [1.82, 2.24) is 4.90 Å². The number of carbonyl (C=O) groups excluding carboxylic acids is 1. The number of hydrogen-bond acceptors (Lipinski definition) is 2. The fourth-order valence-corrected chi connectivity index (χ4v) is 4.98. The quantitative estimate of drug-likeness (QED) is 0.469. The van der Waals surface area contributed by atoms with Crippen LogP contribution < -0.4 is 10.6 Å². The Bertz CT molecular complexity index is 1140. The summed E-state index contributed by atoms with van der Waals surface area (Å²) in [5, 5.41) is 5.30. The van der Waals surface area contributed by atoms with E-state index in [1.54, 1.807) is 0 Å². The molecule has 5 rings (SSSR count). The molecule has 2 aliphatic rings. The molecule has 0 spiro atoms. The Morgan fingerprint density at radius 2 is 1.45 bits per heavy atom. The van der Waals surface area contributed by atoms with Crippen LogP contribution in [0.2, 0.25) is 0 Å². The molecule has 3 aromatic rings. The van der Waals surface area contributed by atoms with Crippen molar-refractivity contribution in [2.45, 2.75) is 31.0 Å². The topological polar surface area (TPSA) is 44.4 Å². The first-order chi connectivity index (χ1) is 15.9. The Hall–Kier alpha value is -3.32. The number of hydrogen-bond donors (Lipinski definition) is 2. The fraction of sp³-hybridized carbons (Fsp3) is 0.269. The van der Waals surface area contributed by atoms with Crippen LogP contribution in [-0.2, 0) is 6.18 Å². The van der Waals surface area contributed by atoms with Crippen LogP contribution >= 0.6 is 0 Å². The lowest BCUT2D eigenvalue weighted by molar-refractivity contribution is -0.137. The van der Waals surface area contributed by atoms with E-state index in [2.05, 4.69) is 39.8 Å². The van der Waals surface area contributed by atoms with Gasteiger partial charge in [0, 0.05) is 29.9 Å². The van der Waals surface area contributed by atoms with E-state index in [0.29, 0.717) is 11.7 Å². The molecule has 7 heteroatoms. The predicted octanol–water partition coefficient (Wildman–Crippen LogP) is 6.63. The lowest BCUT2D eigenvalue weighted by Gasteiger charge is -2.37. The first-order valence-electron chi connectivity index (χ1n) is 11.1. The first kappa shape index (κ1) is 21.5. The van der Waals surface area contributed by atoms with E-state index in [9.17, 15) is 18.0 Å². The normalized spacial score (nSPS) is 20.1. The van der Waals surface area contributed by atoms with Gasteiger partial charge in [-0.05, 0) is 72.5 Å². The average Bonchev–Trinajstić information content (AvgIpc) is 3.28. The van der Waals surface area contributed by atoms with Gasteiger partial charge in [-0.1, -0.05) is 36.4 Å². The van der Waals surface area contributed by atoms with E-state index in [-0.39, 0.29) is 11.6 Å². The van der Waals surface area contributed by atoms with Crippen molar-refractivity contribution in [2.24, 2.45) is 0 Å². The molecule has 0 aromatic heterocycles. The van der Waals surface area contributed by atoms with Crippen molar-refractivity contribution in [3.8, 4) is 0 Å². The smallest absolute Gasteiger partial charge is 0.308 e. The molecule has 2 amide bonds. The summed E-state index contributed by atoms with van der Waals surface area (Å²) >= 11 is 0. The molecule has 2 heterocycles. The Kier molecular flexibility index (Phi) is 5.58. The second-order valence-electron chi connectivity index (χ2n) is 8.61. The molecule has 2 aliphatic heterocycles. The number of benzene rings is 3. The summed E-state index contributed by atoms with van der Waals surface area (Å²) in [6.45, 7) is 2.11. The zero-order valence-corrected chi connectivity index (χ0v) is 17.9. The number of rotatable bonds is 3. The molecule has 2 N–H and O–H groups in total. The lowest BCUT2D eigenvalue weighted by Crippen LogP contribution is -2.34. The van der Waals surface area contributed by atoms with E-state index in [1.807, 2.05) is 24.3 Å². The molecular weight excluding hydrogens is 427 g/mol. The van der Waals surface area contributed by atoms with Crippen molar-refractivity contribution < 1.29 is 18.0 Å². The van der Waals surface area contributed by atoms with Crippen LogP contribution in [0.25, 0.3) is 0 Å². The number of fused-ring (bicyclic) bond motifs is 3. The highest BCUT2D eigenvalue weighted by Crippen LogP contribution is 2.44. The molecule has 1 saturated heterocycles. The van der Waals surface area contributed by atoms with Gasteiger partial charge in [0.05, 0.1) is 5.56 Å². The van der Waals surface area contributed by atoms with E-state index in [0.717, 1.165) is 25.2 Å². The minimum Gasteiger partial charge on any atom is -0.308 e. The molecule has 0 bridgehead atoms. The summed E-state index contributed by atoms with van der Waals surface area (Å²) in [6.07, 6.45) is -1.97. The summed E-state index contributed by atoms with van der Waals surface area (Å²) in [6, 6.07) is 20.8. The van der Waals surface area contributed by atoms with Crippen LogP contribution in [0.3, 0.4) is 0 Å². The van der Waals surface area contributed by atoms with Crippen LogP contribution in [0.15, 0.2) is 72.8 Å². The minimum absolute atomic E-state index is 0.283. The van der Waals surface area contributed by atoms with Gasteiger partial charge in [0.15, 0.2) is 0 Å². The average molecular weight is 451 g/mol. The number of amides is 2. The van der Waals surface area contributed by atoms with Gasteiger partial charge < -0.3 is 10.6 Å². The monoisotopic (exact) mass is 451 g/mol. The van der Waals surface area contributed by atoms with Crippen molar-refractivity contribution in [3.63, 3.8) is 0 Å². The minimum atomic E-state index is -4.41. The van der Waals surface area contributed by atoms with Gasteiger partial charge in [-0.25, -0.2) is 4.79 Å². The SMILES string of the molecule is O=C(Nc1ccc([C@@H]2CN3CCC[C@H]3c3ccccc32)cc1)Nc1ccc(C(F)(F)F)cc1. The Labute approximate surface area is 190 Å². The number of anilines is 2. The maximum atomic E-state index is 12.7. The molecule has 1 fully saturated rings. The maximum absolute atomic E-state index is 12.7. The van der Waals surface area contributed by atoms with Gasteiger partial charge in [-0.15, -0.1) is 0 Å². The molecular formula is C26H24F3N3O. The molecule has 0 aliphatic carbocycles.